The molecule has 0 aliphatic rings. The van der Waals surface area contributed by atoms with E-state index in [0.717, 1.165) is 17.9 Å². The molecular formula is C10H13NO. The molecule has 0 bridgehead atoms. The lowest BCUT2D eigenvalue weighted by Crippen LogP contribution is -2.19. The van der Waals surface area contributed by atoms with Crippen LogP contribution in [0.25, 0.3) is 0 Å². The van der Waals surface area contributed by atoms with Crippen molar-refractivity contribution in [3.05, 3.63) is 23.7 Å². The zero-order valence-corrected chi connectivity index (χ0v) is 7.42. The summed E-state index contributed by atoms with van der Waals surface area (Å²) in [5, 5.41) is 3.18. The van der Waals surface area contributed by atoms with E-state index >= 15 is 0 Å². The van der Waals surface area contributed by atoms with Gasteiger partial charge in [-0.15, -0.1) is 6.42 Å². The highest BCUT2D eigenvalue weighted by atomic mass is 16.3. The summed E-state index contributed by atoms with van der Waals surface area (Å²) in [4.78, 5) is 0. The van der Waals surface area contributed by atoms with Gasteiger partial charge in [-0.3, -0.25) is 0 Å². The molecule has 1 rings (SSSR count). The number of hydrogen-bond acceptors (Lipinski definition) is 2. The van der Waals surface area contributed by atoms with Gasteiger partial charge < -0.3 is 9.73 Å². The second-order valence-electron chi connectivity index (χ2n) is 2.59. The van der Waals surface area contributed by atoms with E-state index in [9.17, 15) is 0 Å². The number of terminal acetylenes is 1. The summed E-state index contributed by atoms with van der Waals surface area (Å²) in [5.41, 5.74) is 1.05. The van der Waals surface area contributed by atoms with E-state index in [1.54, 1.807) is 6.26 Å². The van der Waals surface area contributed by atoms with Gasteiger partial charge in [0.15, 0.2) is 0 Å². The van der Waals surface area contributed by atoms with E-state index < -0.39 is 0 Å². The Bertz CT molecular complexity index is 282. The van der Waals surface area contributed by atoms with Gasteiger partial charge in [0, 0.05) is 5.56 Å². The summed E-state index contributed by atoms with van der Waals surface area (Å²) in [7, 11) is 0. The van der Waals surface area contributed by atoms with Gasteiger partial charge in [0.1, 0.15) is 5.76 Å². The molecule has 2 heteroatoms. The Labute approximate surface area is 73.0 Å². The second-order valence-corrected chi connectivity index (χ2v) is 2.59. The first kappa shape index (κ1) is 8.89. The molecule has 1 unspecified atom stereocenters. The average Bonchev–Trinajstić information content (AvgIpc) is 2.47. The van der Waals surface area contributed by atoms with E-state index in [4.69, 9.17) is 10.8 Å². The molecule has 0 aromatic carbocycles. The summed E-state index contributed by atoms with van der Waals surface area (Å²) in [6, 6.07) is 1.89. The van der Waals surface area contributed by atoms with E-state index in [2.05, 4.69) is 11.2 Å². The van der Waals surface area contributed by atoms with Crippen LogP contribution in [0.3, 0.4) is 0 Å². The fraction of sp³-hybridized carbons (Fsp3) is 0.400. The minimum Gasteiger partial charge on any atom is -0.469 e. The molecule has 1 atom stereocenters. The molecule has 0 saturated heterocycles. The van der Waals surface area contributed by atoms with Gasteiger partial charge in [-0.25, -0.2) is 0 Å². The largest absolute Gasteiger partial charge is 0.469 e. The Morgan fingerprint density at radius 1 is 1.75 bits per heavy atom. The molecule has 0 saturated carbocycles. The van der Waals surface area contributed by atoms with E-state index in [-0.39, 0.29) is 6.04 Å². The first-order valence-corrected chi connectivity index (χ1v) is 4.03. The van der Waals surface area contributed by atoms with Gasteiger partial charge in [-0.2, -0.15) is 0 Å². The monoisotopic (exact) mass is 163 g/mol. The third-order valence-electron chi connectivity index (χ3n) is 1.78. The Morgan fingerprint density at radius 3 is 2.92 bits per heavy atom. The molecule has 0 aliphatic heterocycles. The van der Waals surface area contributed by atoms with Crippen LogP contribution in [0.5, 0.6) is 0 Å². The summed E-state index contributed by atoms with van der Waals surface area (Å²) >= 11 is 0. The van der Waals surface area contributed by atoms with E-state index in [0.29, 0.717) is 0 Å². The first-order chi connectivity index (χ1) is 5.79. The molecule has 1 N–H and O–H groups in total. The number of furan rings is 1. The molecule has 1 heterocycles. The number of hydrogen-bond donors (Lipinski definition) is 1. The standard InChI is InChI=1S/C10H13NO/c1-4-10(11-5-2)9-6-7-12-8(9)3/h1,6-7,10-11H,5H2,2-3H3. The van der Waals surface area contributed by atoms with Crippen molar-refractivity contribution in [3.8, 4) is 12.3 Å². The molecule has 0 fully saturated rings. The van der Waals surface area contributed by atoms with Gasteiger partial charge in [0.05, 0.1) is 12.3 Å². The van der Waals surface area contributed by atoms with Crippen molar-refractivity contribution >= 4 is 0 Å². The van der Waals surface area contributed by atoms with Crippen LogP contribution in [-0.2, 0) is 0 Å². The predicted octanol–water partition coefficient (Wildman–Crippen LogP) is 1.87. The van der Waals surface area contributed by atoms with Crippen molar-refractivity contribution in [3.63, 3.8) is 0 Å². The highest BCUT2D eigenvalue weighted by Crippen LogP contribution is 2.17. The summed E-state index contributed by atoms with van der Waals surface area (Å²) < 4.78 is 5.16. The molecule has 0 spiro atoms. The highest BCUT2D eigenvalue weighted by Gasteiger charge is 2.10. The zero-order valence-electron chi connectivity index (χ0n) is 7.42. The van der Waals surface area contributed by atoms with Crippen molar-refractivity contribution in [1.29, 1.82) is 0 Å². The summed E-state index contributed by atoms with van der Waals surface area (Å²) in [6.07, 6.45) is 7.02. The van der Waals surface area contributed by atoms with Crippen molar-refractivity contribution < 1.29 is 4.42 Å². The topological polar surface area (TPSA) is 25.2 Å². The van der Waals surface area contributed by atoms with Crippen LogP contribution in [0.4, 0.5) is 0 Å². The molecule has 12 heavy (non-hydrogen) atoms. The molecule has 1 aromatic rings. The van der Waals surface area contributed by atoms with Crippen LogP contribution in [0, 0.1) is 19.3 Å². The van der Waals surface area contributed by atoms with Crippen LogP contribution in [0.15, 0.2) is 16.7 Å². The molecule has 2 nitrogen and oxygen atoms in total. The maximum atomic E-state index is 5.36. The van der Waals surface area contributed by atoms with Gasteiger partial charge in [-0.05, 0) is 19.5 Å². The molecular weight excluding hydrogens is 150 g/mol. The van der Waals surface area contributed by atoms with Crippen LogP contribution < -0.4 is 5.32 Å². The minimum absolute atomic E-state index is 0.0197. The van der Waals surface area contributed by atoms with E-state index in [1.165, 1.54) is 0 Å². The Kier molecular flexibility index (Phi) is 2.95. The summed E-state index contributed by atoms with van der Waals surface area (Å²) in [5.74, 6) is 3.56. The van der Waals surface area contributed by atoms with Crippen molar-refractivity contribution in [2.75, 3.05) is 6.54 Å². The molecule has 1 aromatic heterocycles. The normalized spacial score (nSPS) is 12.4. The lowest BCUT2D eigenvalue weighted by molar-refractivity contribution is 0.523. The Balaban J connectivity index is 2.81. The zero-order chi connectivity index (χ0) is 8.97. The minimum atomic E-state index is -0.0197. The summed E-state index contributed by atoms with van der Waals surface area (Å²) in [6.45, 7) is 4.80. The maximum absolute atomic E-state index is 5.36. The van der Waals surface area contributed by atoms with Gasteiger partial charge in [0.25, 0.3) is 0 Å². The lowest BCUT2D eigenvalue weighted by atomic mass is 10.1. The van der Waals surface area contributed by atoms with Crippen LogP contribution >= 0.6 is 0 Å². The Morgan fingerprint density at radius 2 is 2.50 bits per heavy atom. The second kappa shape index (κ2) is 3.99. The van der Waals surface area contributed by atoms with Gasteiger partial charge in [0.2, 0.25) is 0 Å². The smallest absolute Gasteiger partial charge is 0.106 e. The Hall–Kier alpha value is -1.20. The van der Waals surface area contributed by atoms with Crippen molar-refractivity contribution in [2.45, 2.75) is 19.9 Å². The fourth-order valence-corrected chi connectivity index (χ4v) is 1.16. The molecule has 0 radical (unpaired) electrons. The average molecular weight is 163 g/mol. The highest BCUT2D eigenvalue weighted by molar-refractivity contribution is 5.26. The lowest BCUT2D eigenvalue weighted by Gasteiger charge is -2.09. The molecule has 64 valence electrons. The molecule has 0 aliphatic carbocycles. The quantitative estimate of drug-likeness (QED) is 0.688. The van der Waals surface area contributed by atoms with Crippen LogP contribution in [0.2, 0.25) is 0 Å². The third kappa shape index (κ3) is 1.69. The van der Waals surface area contributed by atoms with Crippen LogP contribution in [0.1, 0.15) is 24.3 Å². The number of aryl methyl sites for hydroxylation is 1. The van der Waals surface area contributed by atoms with Crippen LogP contribution in [-0.4, -0.2) is 6.54 Å². The third-order valence-corrected chi connectivity index (χ3v) is 1.78. The van der Waals surface area contributed by atoms with Gasteiger partial charge in [-0.1, -0.05) is 12.8 Å². The van der Waals surface area contributed by atoms with Crippen molar-refractivity contribution in [2.24, 2.45) is 0 Å². The fourth-order valence-electron chi connectivity index (χ4n) is 1.16. The maximum Gasteiger partial charge on any atom is 0.106 e. The van der Waals surface area contributed by atoms with E-state index in [1.807, 2.05) is 19.9 Å². The number of nitrogens with one attached hydrogen (secondary N) is 1. The SMILES string of the molecule is C#CC(NCC)c1ccoc1C. The van der Waals surface area contributed by atoms with Gasteiger partial charge >= 0.3 is 0 Å². The molecule has 0 amide bonds. The predicted molar refractivity (Wildman–Crippen MR) is 48.7 cm³/mol. The van der Waals surface area contributed by atoms with Crippen molar-refractivity contribution in [1.82, 2.24) is 5.32 Å². The first-order valence-electron chi connectivity index (χ1n) is 4.03. The number of rotatable bonds is 3.